The summed E-state index contributed by atoms with van der Waals surface area (Å²) in [6.45, 7) is 5.09. The second-order valence-corrected chi connectivity index (χ2v) is 6.74. The Morgan fingerprint density at radius 1 is 1.25 bits per heavy atom. The molecule has 6 nitrogen and oxygen atoms in total. The fourth-order valence-corrected chi connectivity index (χ4v) is 3.18. The van der Waals surface area contributed by atoms with Crippen LogP contribution >= 0.6 is 0 Å². The van der Waals surface area contributed by atoms with Crippen LogP contribution in [0.25, 0.3) is 0 Å². The molecule has 2 aromatic rings. The molecule has 0 amide bonds. The number of nitrogens with zero attached hydrogens (tertiary/aromatic N) is 5. The Hall–Kier alpha value is -2.08. The first kappa shape index (κ1) is 16.8. The maximum atomic E-state index is 6.15. The highest BCUT2D eigenvalue weighted by Crippen LogP contribution is 2.22. The lowest BCUT2D eigenvalue weighted by atomic mass is 10.1. The summed E-state index contributed by atoms with van der Waals surface area (Å²) in [5.41, 5.74) is 2.36. The van der Waals surface area contributed by atoms with Gasteiger partial charge in [-0.1, -0.05) is 0 Å². The van der Waals surface area contributed by atoms with Gasteiger partial charge in [-0.25, -0.2) is 4.98 Å². The lowest BCUT2D eigenvalue weighted by molar-refractivity contribution is 0.0950. The molecule has 0 bridgehead atoms. The molecule has 0 atom stereocenters. The average Bonchev–Trinajstić information content (AvgIpc) is 2.92. The van der Waals surface area contributed by atoms with Crippen LogP contribution in [-0.4, -0.2) is 52.7 Å². The number of anilines is 1. The van der Waals surface area contributed by atoms with Crippen LogP contribution in [0.4, 0.5) is 5.95 Å². The molecular formula is C18H27N5O. The molecule has 0 saturated carbocycles. The zero-order chi connectivity index (χ0) is 17.1. The second kappa shape index (κ2) is 7.21. The highest BCUT2D eigenvalue weighted by atomic mass is 16.5. The van der Waals surface area contributed by atoms with Crippen LogP contribution in [0.1, 0.15) is 24.1 Å². The summed E-state index contributed by atoms with van der Waals surface area (Å²) in [6.07, 6.45) is 8.04. The molecule has 6 heteroatoms. The molecule has 24 heavy (non-hydrogen) atoms. The van der Waals surface area contributed by atoms with Crippen molar-refractivity contribution in [3.05, 3.63) is 35.9 Å². The summed E-state index contributed by atoms with van der Waals surface area (Å²) in [4.78, 5) is 13.1. The number of aryl methyl sites for hydroxylation is 1. The highest BCUT2D eigenvalue weighted by molar-refractivity contribution is 5.31. The van der Waals surface area contributed by atoms with Gasteiger partial charge in [-0.05, 0) is 25.8 Å². The zero-order valence-corrected chi connectivity index (χ0v) is 15.1. The smallest absolute Gasteiger partial charge is 0.204 e. The molecule has 0 unspecified atom stereocenters. The van der Waals surface area contributed by atoms with Crippen LogP contribution in [0, 0.1) is 6.92 Å². The van der Waals surface area contributed by atoms with Gasteiger partial charge in [0.1, 0.15) is 11.9 Å². The summed E-state index contributed by atoms with van der Waals surface area (Å²) in [5, 5.41) is 0. The molecule has 130 valence electrons. The van der Waals surface area contributed by atoms with Gasteiger partial charge >= 0.3 is 0 Å². The summed E-state index contributed by atoms with van der Waals surface area (Å²) in [7, 11) is 6.13. The number of rotatable bonds is 5. The van der Waals surface area contributed by atoms with Gasteiger partial charge in [-0.3, -0.25) is 9.88 Å². The van der Waals surface area contributed by atoms with Gasteiger partial charge < -0.3 is 14.2 Å². The molecule has 0 aliphatic carbocycles. The molecule has 2 aromatic heterocycles. The van der Waals surface area contributed by atoms with Crippen LogP contribution in [0.2, 0.25) is 0 Å². The first-order chi connectivity index (χ1) is 11.5. The number of piperidine rings is 1. The highest BCUT2D eigenvalue weighted by Gasteiger charge is 2.22. The van der Waals surface area contributed by atoms with Gasteiger partial charge in [0.05, 0.1) is 11.9 Å². The quantitative estimate of drug-likeness (QED) is 0.842. The van der Waals surface area contributed by atoms with Gasteiger partial charge in [0.2, 0.25) is 5.95 Å². The normalized spacial score (nSPS) is 16.3. The Kier molecular flexibility index (Phi) is 5.04. The fourth-order valence-electron chi connectivity index (χ4n) is 3.18. The Labute approximate surface area is 144 Å². The number of pyridine rings is 1. The van der Waals surface area contributed by atoms with E-state index in [1.165, 1.54) is 5.69 Å². The zero-order valence-electron chi connectivity index (χ0n) is 15.1. The largest absolute Gasteiger partial charge is 0.490 e. The van der Waals surface area contributed by atoms with Crippen molar-refractivity contribution in [3.63, 3.8) is 0 Å². The molecule has 1 aliphatic rings. The van der Waals surface area contributed by atoms with Crippen molar-refractivity contribution in [1.29, 1.82) is 0 Å². The van der Waals surface area contributed by atoms with Gasteiger partial charge in [0, 0.05) is 58.7 Å². The number of hydrogen-bond donors (Lipinski definition) is 0. The van der Waals surface area contributed by atoms with Crippen molar-refractivity contribution in [3.8, 4) is 5.75 Å². The van der Waals surface area contributed by atoms with Crippen LogP contribution in [-0.2, 0) is 13.6 Å². The van der Waals surface area contributed by atoms with E-state index in [0.29, 0.717) is 6.10 Å². The van der Waals surface area contributed by atoms with E-state index < -0.39 is 0 Å². The van der Waals surface area contributed by atoms with Crippen LogP contribution < -0.4 is 9.64 Å². The summed E-state index contributed by atoms with van der Waals surface area (Å²) >= 11 is 0. The summed E-state index contributed by atoms with van der Waals surface area (Å²) < 4.78 is 8.32. The predicted octanol–water partition coefficient (Wildman–Crippen LogP) is 2.23. The third kappa shape index (κ3) is 3.70. The summed E-state index contributed by atoms with van der Waals surface area (Å²) in [6, 6.07) is 1.96. The molecule has 0 aromatic carbocycles. The maximum Gasteiger partial charge on any atom is 0.204 e. The monoisotopic (exact) mass is 329 g/mol. The van der Waals surface area contributed by atoms with E-state index in [1.807, 2.05) is 44.4 Å². The number of ether oxygens (including phenoxy) is 1. The molecule has 0 N–H and O–H groups in total. The average molecular weight is 329 g/mol. The third-order valence-corrected chi connectivity index (χ3v) is 4.64. The number of aromatic nitrogens is 3. The minimum Gasteiger partial charge on any atom is -0.490 e. The SMILES string of the molecule is Cc1cnccc1OC1CCN(Cc2cnc(N(C)C)n2C)CC1. The Morgan fingerprint density at radius 3 is 2.62 bits per heavy atom. The lowest BCUT2D eigenvalue weighted by Gasteiger charge is -2.32. The van der Waals surface area contributed by atoms with Crippen molar-refractivity contribution in [1.82, 2.24) is 19.4 Å². The molecule has 3 rings (SSSR count). The van der Waals surface area contributed by atoms with Crippen molar-refractivity contribution in [2.75, 3.05) is 32.1 Å². The first-order valence-corrected chi connectivity index (χ1v) is 8.52. The van der Waals surface area contributed by atoms with E-state index in [-0.39, 0.29) is 0 Å². The van der Waals surface area contributed by atoms with E-state index in [1.54, 1.807) is 6.20 Å². The minimum absolute atomic E-state index is 0.297. The fraction of sp³-hybridized carbons (Fsp3) is 0.556. The third-order valence-electron chi connectivity index (χ3n) is 4.64. The molecule has 1 aliphatic heterocycles. The predicted molar refractivity (Wildman–Crippen MR) is 95.4 cm³/mol. The maximum absolute atomic E-state index is 6.15. The van der Waals surface area contributed by atoms with Gasteiger partial charge in [0.15, 0.2) is 0 Å². The van der Waals surface area contributed by atoms with Crippen LogP contribution in [0.5, 0.6) is 5.75 Å². The Morgan fingerprint density at radius 2 is 2.00 bits per heavy atom. The minimum atomic E-state index is 0.297. The molecule has 0 spiro atoms. The van der Waals surface area contributed by atoms with Crippen molar-refractivity contribution < 1.29 is 4.74 Å². The van der Waals surface area contributed by atoms with Gasteiger partial charge in [-0.2, -0.15) is 0 Å². The standard InChI is InChI=1S/C18H27N5O/c1-14-11-19-8-5-17(14)24-16-6-9-23(10-7-16)13-15-12-20-18(21(2)3)22(15)4/h5,8,11-12,16H,6-7,9-10,13H2,1-4H3. The topological polar surface area (TPSA) is 46.4 Å². The second-order valence-electron chi connectivity index (χ2n) is 6.74. The van der Waals surface area contributed by atoms with Gasteiger partial charge in [0.25, 0.3) is 0 Å². The van der Waals surface area contributed by atoms with Crippen molar-refractivity contribution in [2.45, 2.75) is 32.4 Å². The number of hydrogen-bond acceptors (Lipinski definition) is 5. The Bertz CT molecular complexity index is 674. The first-order valence-electron chi connectivity index (χ1n) is 8.52. The van der Waals surface area contributed by atoms with Crippen LogP contribution in [0.3, 0.4) is 0 Å². The van der Waals surface area contributed by atoms with E-state index in [4.69, 9.17) is 4.74 Å². The van der Waals surface area contributed by atoms with Gasteiger partial charge in [-0.15, -0.1) is 0 Å². The van der Waals surface area contributed by atoms with E-state index >= 15 is 0 Å². The molecule has 0 radical (unpaired) electrons. The number of likely N-dealkylation sites (tertiary alicyclic amines) is 1. The van der Waals surface area contributed by atoms with E-state index in [9.17, 15) is 0 Å². The molecule has 1 saturated heterocycles. The van der Waals surface area contributed by atoms with Crippen molar-refractivity contribution >= 4 is 5.95 Å². The van der Waals surface area contributed by atoms with E-state index in [2.05, 4.69) is 26.5 Å². The molecular weight excluding hydrogens is 302 g/mol. The Balaban J connectivity index is 1.53. The van der Waals surface area contributed by atoms with Crippen LogP contribution in [0.15, 0.2) is 24.7 Å². The van der Waals surface area contributed by atoms with E-state index in [0.717, 1.165) is 49.7 Å². The molecule has 1 fully saturated rings. The number of imidazole rings is 1. The summed E-state index contributed by atoms with van der Waals surface area (Å²) in [5.74, 6) is 1.96. The van der Waals surface area contributed by atoms with Crippen molar-refractivity contribution in [2.24, 2.45) is 7.05 Å². The molecule has 3 heterocycles. The lowest BCUT2D eigenvalue weighted by Crippen LogP contribution is -2.38.